The Morgan fingerprint density at radius 2 is 1.09 bits per heavy atom. The normalized spacial score (nSPS) is 19.6. The first kappa shape index (κ1) is 52.0. The molecule has 2 aliphatic heterocycles. The largest absolute Gasteiger partial charge is 0.496 e. The summed E-state index contributed by atoms with van der Waals surface area (Å²) in [6.45, 7) is 2.54. The second-order valence-electron chi connectivity index (χ2n) is 18.4. The summed E-state index contributed by atoms with van der Waals surface area (Å²) in [7, 11) is 12.5. The first-order chi connectivity index (χ1) is 32.8. The molecule has 4 N–H and O–H groups in total. The molecule has 4 aromatic carbocycles. The number of likely N-dealkylation sites (N-methyl/N-ethyl adjacent to an activating group) is 2. The summed E-state index contributed by atoms with van der Waals surface area (Å²) in [5.74, 6) is 2.36. The fourth-order valence-electron chi connectivity index (χ4n) is 10.4. The summed E-state index contributed by atoms with van der Waals surface area (Å²) in [5.41, 5.74) is 8.98. The fraction of sp³-hybridized carbons (Fsp3) is 0.509. The fourth-order valence-corrected chi connectivity index (χ4v) is 10.4. The minimum Gasteiger partial charge on any atom is -0.496 e. The summed E-state index contributed by atoms with van der Waals surface area (Å²) >= 11 is 0. The first-order valence-corrected chi connectivity index (χ1v) is 23.5. The topological polar surface area (TPSA) is 180 Å². The maximum Gasteiger partial charge on any atom is 0.306 e. The SMILES string of the molecule is COc1ccc(CC2c3cc(OC)c(OC)cc3CC[N+]2(C)CCCOC(=O)CCC(=O)OCCC[N+]2(C)CCc3cc(CO)c(CO)c(OC)c3C2Cc2ccc(CO)c(CO)c2)cc1OC. The molecule has 0 saturated heterocycles. The van der Waals surface area contributed by atoms with Crippen LogP contribution in [-0.4, -0.2) is 130 Å². The van der Waals surface area contributed by atoms with Gasteiger partial charge in [-0.05, 0) is 63.2 Å². The molecule has 370 valence electrons. The van der Waals surface area contributed by atoms with Crippen molar-refractivity contribution >= 4 is 11.9 Å². The molecule has 0 saturated carbocycles. The van der Waals surface area contributed by atoms with Gasteiger partial charge in [0, 0.05) is 49.7 Å². The highest BCUT2D eigenvalue weighted by atomic mass is 16.5. The van der Waals surface area contributed by atoms with Crippen LogP contribution in [0.4, 0.5) is 0 Å². The Hall–Kier alpha value is -5.42. The van der Waals surface area contributed by atoms with E-state index < -0.39 is 11.9 Å². The number of aliphatic hydroxyl groups is 4. The number of fused-ring (bicyclic) bond motifs is 2. The molecular formula is C53H72N2O13+2. The molecule has 0 bridgehead atoms. The van der Waals surface area contributed by atoms with E-state index in [-0.39, 0.29) is 64.6 Å². The summed E-state index contributed by atoms with van der Waals surface area (Å²) in [4.78, 5) is 25.9. The standard InChI is InChI=1S/C53H72N2O13/c1-54(20-16-37-29-48(64-5)49(65-6)30-42(37)44(54)25-36-11-13-46(62-3)47(27-36)63-4)18-8-22-67-50(60)14-15-51(61)68-23-9-19-55(2)21-17-38-28-41(33-58)43(34-59)53(66-7)52(38)45(55)26-35-10-12-39(31-56)40(24-35)32-57/h10-13,24,27-30,44-45,56-59H,8-9,14-23,25-26,31-34H2,1-7H3/q+2. The zero-order valence-corrected chi connectivity index (χ0v) is 40.9. The van der Waals surface area contributed by atoms with E-state index >= 15 is 0 Å². The Kier molecular flexibility index (Phi) is 18.1. The van der Waals surface area contributed by atoms with Crippen LogP contribution in [-0.2, 0) is 71.2 Å². The van der Waals surface area contributed by atoms with E-state index in [9.17, 15) is 30.0 Å². The molecule has 0 fully saturated rings. The molecule has 0 radical (unpaired) electrons. The first-order valence-electron chi connectivity index (χ1n) is 23.5. The highest BCUT2D eigenvalue weighted by Gasteiger charge is 2.43. The molecule has 2 aliphatic rings. The number of nitrogens with zero attached hydrogens (tertiary/aromatic N) is 2. The molecule has 2 heterocycles. The van der Waals surface area contributed by atoms with Gasteiger partial charge in [0.1, 0.15) is 17.8 Å². The third-order valence-corrected chi connectivity index (χ3v) is 14.4. The van der Waals surface area contributed by atoms with Crippen LogP contribution in [0.15, 0.2) is 54.6 Å². The smallest absolute Gasteiger partial charge is 0.306 e. The average Bonchev–Trinajstić information content (AvgIpc) is 3.36. The van der Waals surface area contributed by atoms with Crippen LogP contribution < -0.4 is 23.7 Å². The summed E-state index contributed by atoms with van der Waals surface area (Å²) in [5, 5.41) is 40.5. The third kappa shape index (κ3) is 11.7. The van der Waals surface area contributed by atoms with Gasteiger partial charge in [-0.2, -0.15) is 0 Å². The van der Waals surface area contributed by atoms with Gasteiger partial charge >= 0.3 is 11.9 Å². The highest BCUT2D eigenvalue weighted by molar-refractivity contribution is 5.77. The van der Waals surface area contributed by atoms with Gasteiger partial charge in [-0.3, -0.25) is 9.59 Å². The second-order valence-corrected chi connectivity index (χ2v) is 18.4. The molecule has 4 aromatic rings. The third-order valence-electron chi connectivity index (χ3n) is 14.4. The monoisotopic (exact) mass is 945 g/mol. The van der Waals surface area contributed by atoms with E-state index in [0.717, 1.165) is 59.2 Å². The van der Waals surface area contributed by atoms with Gasteiger partial charge in [0.2, 0.25) is 0 Å². The number of carbonyl (C=O) groups is 2. The van der Waals surface area contributed by atoms with Gasteiger partial charge in [-0.25, -0.2) is 0 Å². The lowest BCUT2D eigenvalue weighted by Gasteiger charge is -2.46. The van der Waals surface area contributed by atoms with Crippen molar-refractivity contribution in [1.29, 1.82) is 0 Å². The predicted octanol–water partition coefficient (Wildman–Crippen LogP) is 5.62. The molecule has 0 amide bonds. The van der Waals surface area contributed by atoms with Crippen molar-refractivity contribution in [2.75, 3.05) is 89.0 Å². The van der Waals surface area contributed by atoms with E-state index in [1.165, 1.54) is 11.1 Å². The predicted molar refractivity (Wildman–Crippen MR) is 255 cm³/mol. The molecule has 4 atom stereocenters. The van der Waals surface area contributed by atoms with Crippen molar-refractivity contribution in [3.63, 3.8) is 0 Å². The number of hydrogen-bond acceptors (Lipinski definition) is 13. The van der Waals surface area contributed by atoms with Gasteiger partial charge in [0.05, 0.1) is 134 Å². The van der Waals surface area contributed by atoms with Crippen LogP contribution in [0.5, 0.6) is 28.7 Å². The van der Waals surface area contributed by atoms with Gasteiger partial charge in [-0.15, -0.1) is 0 Å². The number of methoxy groups -OCH3 is 5. The van der Waals surface area contributed by atoms with E-state index in [2.05, 4.69) is 32.3 Å². The van der Waals surface area contributed by atoms with Crippen LogP contribution in [0, 0.1) is 0 Å². The molecule has 0 aromatic heterocycles. The number of aliphatic hydroxyl groups excluding tert-OH is 4. The van der Waals surface area contributed by atoms with Crippen molar-refractivity contribution in [3.8, 4) is 28.7 Å². The van der Waals surface area contributed by atoms with Crippen molar-refractivity contribution < 1.29 is 72.1 Å². The summed E-state index contributed by atoms with van der Waals surface area (Å²) in [6, 6.07) is 17.8. The van der Waals surface area contributed by atoms with Crippen LogP contribution >= 0.6 is 0 Å². The zero-order chi connectivity index (χ0) is 49.0. The maximum absolute atomic E-state index is 12.9. The van der Waals surface area contributed by atoms with Crippen LogP contribution in [0.2, 0.25) is 0 Å². The lowest BCUT2D eigenvalue weighted by molar-refractivity contribution is -0.941. The Labute approximate surface area is 400 Å². The minimum atomic E-state index is -0.466. The van der Waals surface area contributed by atoms with E-state index in [4.69, 9.17) is 33.2 Å². The highest BCUT2D eigenvalue weighted by Crippen LogP contribution is 2.46. The van der Waals surface area contributed by atoms with Crippen molar-refractivity contribution in [2.24, 2.45) is 0 Å². The molecule has 4 unspecified atom stereocenters. The molecular weight excluding hydrogens is 873 g/mol. The maximum atomic E-state index is 12.9. The van der Waals surface area contributed by atoms with Crippen molar-refractivity contribution in [2.45, 2.75) is 89.9 Å². The van der Waals surface area contributed by atoms with E-state index in [1.807, 2.05) is 36.4 Å². The second kappa shape index (κ2) is 23.7. The quantitative estimate of drug-likeness (QED) is 0.0387. The van der Waals surface area contributed by atoms with Crippen LogP contribution in [0.25, 0.3) is 0 Å². The summed E-state index contributed by atoms with van der Waals surface area (Å²) < 4.78 is 41.1. The lowest BCUT2D eigenvalue weighted by atomic mass is 9.82. The van der Waals surface area contributed by atoms with Gasteiger partial charge in [0.15, 0.2) is 23.0 Å². The van der Waals surface area contributed by atoms with E-state index in [0.29, 0.717) is 87.7 Å². The van der Waals surface area contributed by atoms with Gasteiger partial charge < -0.3 is 62.6 Å². The number of hydrogen-bond donors (Lipinski definition) is 4. The molecule has 0 spiro atoms. The average molecular weight is 945 g/mol. The molecule has 68 heavy (non-hydrogen) atoms. The molecule has 15 nitrogen and oxygen atoms in total. The van der Waals surface area contributed by atoms with Crippen molar-refractivity contribution in [1.82, 2.24) is 0 Å². The lowest BCUT2D eigenvalue weighted by Crippen LogP contribution is -2.53. The number of benzene rings is 4. The number of quaternary nitrogens is 2. The Morgan fingerprint density at radius 1 is 0.559 bits per heavy atom. The van der Waals surface area contributed by atoms with E-state index in [1.54, 1.807) is 35.5 Å². The molecule has 6 rings (SSSR count). The van der Waals surface area contributed by atoms with Gasteiger partial charge in [0.25, 0.3) is 0 Å². The summed E-state index contributed by atoms with van der Waals surface area (Å²) in [6.07, 6.45) is 3.88. The Bertz CT molecular complexity index is 2370. The van der Waals surface area contributed by atoms with Gasteiger partial charge in [-0.1, -0.05) is 30.3 Å². The Balaban J connectivity index is 1.04. The van der Waals surface area contributed by atoms with Crippen molar-refractivity contribution in [3.05, 3.63) is 110 Å². The molecule has 0 aliphatic carbocycles. The molecule has 15 heteroatoms. The number of ether oxygens (including phenoxy) is 7. The minimum absolute atomic E-state index is 0.0650. The number of carbonyl (C=O) groups excluding carboxylic acids is 2. The van der Waals surface area contributed by atoms with Crippen LogP contribution in [0.1, 0.15) is 93.4 Å². The zero-order valence-electron chi connectivity index (χ0n) is 40.9. The number of rotatable bonds is 24. The Morgan fingerprint density at radius 3 is 1.66 bits per heavy atom. The number of esters is 2. The van der Waals surface area contributed by atoms with Crippen LogP contribution in [0.3, 0.4) is 0 Å².